The number of halogens is 1. The number of benzene rings is 1. The maximum absolute atomic E-state index is 12.7. The maximum atomic E-state index is 12.7. The summed E-state index contributed by atoms with van der Waals surface area (Å²) in [6.07, 6.45) is 3.24. The Labute approximate surface area is 185 Å². The first kappa shape index (κ1) is 20.3. The van der Waals surface area contributed by atoms with Crippen molar-refractivity contribution in [1.29, 1.82) is 0 Å². The number of amides is 2. The fourth-order valence-corrected chi connectivity index (χ4v) is 5.43. The normalized spacial score (nSPS) is 16.7. The number of thiazole rings is 1. The van der Waals surface area contributed by atoms with Gasteiger partial charge in [0.25, 0.3) is 0 Å². The van der Waals surface area contributed by atoms with Crippen LogP contribution in [-0.2, 0) is 9.59 Å². The quantitative estimate of drug-likeness (QED) is 0.535. The van der Waals surface area contributed by atoms with E-state index in [4.69, 9.17) is 0 Å². The van der Waals surface area contributed by atoms with E-state index >= 15 is 0 Å². The molecule has 0 aliphatic carbocycles. The lowest BCUT2D eigenvalue weighted by Crippen LogP contribution is -2.44. The van der Waals surface area contributed by atoms with E-state index in [-0.39, 0.29) is 17.7 Å². The number of hydrogen-bond donors (Lipinski definition) is 1. The first-order valence-electron chi connectivity index (χ1n) is 9.27. The summed E-state index contributed by atoms with van der Waals surface area (Å²) in [5.74, 6) is 0.603. The summed E-state index contributed by atoms with van der Waals surface area (Å²) < 4.78 is 2.88. The predicted molar refractivity (Wildman–Crippen MR) is 120 cm³/mol. The zero-order chi connectivity index (χ0) is 20.2. The lowest BCUT2D eigenvalue weighted by atomic mass is 9.97. The molecular weight excluding hydrogens is 472 g/mol. The van der Waals surface area contributed by atoms with Crippen molar-refractivity contribution in [1.82, 2.24) is 14.9 Å². The lowest BCUT2D eigenvalue weighted by Gasteiger charge is -2.31. The van der Waals surface area contributed by atoms with Crippen molar-refractivity contribution in [3.63, 3.8) is 0 Å². The van der Waals surface area contributed by atoms with Crippen LogP contribution in [0.5, 0.6) is 0 Å². The topological polar surface area (TPSA) is 75.2 Å². The zero-order valence-electron chi connectivity index (χ0n) is 15.5. The van der Waals surface area contributed by atoms with Gasteiger partial charge in [-0.2, -0.15) is 0 Å². The van der Waals surface area contributed by atoms with Crippen LogP contribution in [0.15, 0.2) is 51.4 Å². The predicted octanol–water partition coefficient (Wildman–Crippen LogP) is 4.42. The molecule has 0 saturated carbocycles. The Bertz CT molecular complexity index is 992. The standard InChI is InChI=1S/C20H19BrN4O2S2/c21-14-7-8-17(22-10-14)24-19(27)13-4-3-9-25(11-13)18(26)12-28-20-23-15-5-1-2-6-16(15)29-20/h1-2,5-8,10,13H,3-4,9,11-12H2,(H,22,24,27). The molecule has 9 heteroatoms. The number of hydrogen-bond acceptors (Lipinski definition) is 6. The van der Waals surface area contributed by atoms with Crippen LogP contribution in [0.3, 0.4) is 0 Å². The van der Waals surface area contributed by atoms with E-state index in [2.05, 4.69) is 31.2 Å². The Morgan fingerprint density at radius 3 is 2.93 bits per heavy atom. The molecule has 29 heavy (non-hydrogen) atoms. The number of nitrogens with zero attached hydrogens (tertiary/aromatic N) is 3. The molecule has 1 aromatic carbocycles. The van der Waals surface area contributed by atoms with Gasteiger partial charge in [0.05, 0.1) is 21.9 Å². The van der Waals surface area contributed by atoms with Crippen LogP contribution in [0.4, 0.5) is 5.82 Å². The van der Waals surface area contributed by atoms with E-state index in [0.29, 0.717) is 24.7 Å². The van der Waals surface area contributed by atoms with Gasteiger partial charge in [0.1, 0.15) is 5.82 Å². The average molecular weight is 491 g/mol. The van der Waals surface area contributed by atoms with Crippen LogP contribution >= 0.6 is 39.0 Å². The number of carbonyl (C=O) groups excluding carboxylic acids is 2. The molecule has 4 rings (SSSR count). The summed E-state index contributed by atoms with van der Waals surface area (Å²) >= 11 is 6.39. The van der Waals surface area contributed by atoms with Gasteiger partial charge in [0, 0.05) is 23.8 Å². The Hall–Kier alpha value is -1.97. The van der Waals surface area contributed by atoms with Gasteiger partial charge in [-0.25, -0.2) is 9.97 Å². The summed E-state index contributed by atoms with van der Waals surface area (Å²) in [7, 11) is 0. The van der Waals surface area contributed by atoms with E-state index in [9.17, 15) is 9.59 Å². The number of nitrogens with one attached hydrogen (secondary N) is 1. The van der Waals surface area contributed by atoms with Gasteiger partial charge in [0.15, 0.2) is 4.34 Å². The lowest BCUT2D eigenvalue weighted by molar-refractivity contribution is -0.132. The summed E-state index contributed by atoms with van der Waals surface area (Å²) in [4.78, 5) is 35.8. The van der Waals surface area contributed by atoms with E-state index < -0.39 is 0 Å². The van der Waals surface area contributed by atoms with E-state index in [1.165, 1.54) is 11.8 Å². The Morgan fingerprint density at radius 1 is 1.28 bits per heavy atom. The number of fused-ring (bicyclic) bond motifs is 1. The molecule has 0 radical (unpaired) electrons. The SMILES string of the molecule is O=C(Nc1ccc(Br)cn1)C1CCCN(C(=O)CSc2nc3ccccc3s2)C1. The largest absolute Gasteiger partial charge is 0.341 e. The number of likely N-dealkylation sites (tertiary alicyclic amines) is 1. The van der Waals surface area contributed by atoms with Crippen molar-refractivity contribution >= 4 is 66.9 Å². The molecule has 1 aliphatic rings. The zero-order valence-corrected chi connectivity index (χ0v) is 18.7. The second kappa shape index (κ2) is 9.23. The number of anilines is 1. The molecule has 6 nitrogen and oxygen atoms in total. The molecular formula is C20H19BrN4O2S2. The highest BCUT2D eigenvalue weighted by atomic mass is 79.9. The Kier molecular flexibility index (Phi) is 6.46. The van der Waals surface area contributed by atoms with Crippen LogP contribution in [0.25, 0.3) is 10.2 Å². The Morgan fingerprint density at radius 2 is 2.14 bits per heavy atom. The third-order valence-electron chi connectivity index (χ3n) is 4.72. The van der Waals surface area contributed by atoms with E-state index in [1.807, 2.05) is 30.3 Å². The minimum Gasteiger partial charge on any atom is -0.341 e. The van der Waals surface area contributed by atoms with Crippen LogP contribution in [-0.4, -0.2) is 45.5 Å². The van der Waals surface area contributed by atoms with Crippen LogP contribution in [0, 0.1) is 5.92 Å². The summed E-state index contributed by atoms with van der Waals surface area (Å²) in [5, 5.41) is 2.85. The number of pyridine rings is 1. The molecule has 2 amide bonds. The van der Waals surface area contributed by atoms with Crippen molar-refractivity contribution in [2.45, 2.75) is 17.2 Å². The van der Waals surface area contributed by atoms with Gasteiger partial charge in [-0.05, 0) is 53.0 Å². The smallest absolute Gasteiger partial charge is 0.233 e. The average Bonchev–Trinajstić information content (AvgIpc) is 3.17. The van der Waals surface area contributed by atoms with Gasteiger partial charge in [0.2, 0.25) is 11.8 Å². The van der Waals surface area contributed by atoms with Crippen molar-refractivity contribution in [2.24, 2.45) is 5.92 Å². The highest BCUT2D eigenvalue weighted by molar-refractivity contribution is 9.10. The van der Waals surface area contributed by atoms with Crippen LogP contribution in [0.1, 0.15) is 12.8 Å². The highest BCUT2D eigenvalue weighted by Crippen LogP contribution is 2.30. The maximum Gasteiger partial charge on any atom is 0.233 e. The molecule has 150 valence electrons. The number of thioether (sulfide) groups is 1. The second-order valence-electron chi connectivity index (χ2n) is 6.77. The molecule has 3 heterocycles. The summed E-state index contributed by atoms with van der Waals surface area (Å²) in [5.41, 5.74) is 0.962. The Balaban J connectivity index is 1.31. The van der Waals surface area contributed by atoms with Crippen LogP contribution < -0.4 is 5.32 Å². The van der Waals surface area contributed by atoms with Gasteiger partial charge in [-0.1, -0.05) is 23.9 Å². The molecule has 2 aromatic heterocycles. The molecule has 1 saturated heterocycles. The molecule has 1 aliphatic heterocycles. The highest BCUT2D eigenvalue weighted by Gasteiger charge is 2.28. The first-order valence-corrected chi connectivity index (χ1v) is 11.9. The number of piperidine rings is 1. The van der Waals surface area contributed by atoms with E-state index in [0.717, 1.165) is 31.9 Å². The summed E-state index contributed by atoms with van der Waals surface area (Å²) in [6.45, 7) is 1.14. The molecule has 0 bridgehead atoms. The monoisotopic (exact) mass is 490 g/mol. The molecule has 1 atom stereocenters. The number of carbonyl (C=O) groups is 2. The molecule has 1 unspecified atom stereocenters. The third kappa shape index (κ3) is 5.15. The number of rotatable bonds is 5. The second-order valence-corrected chi connectivity index (χ2v) is 9.93. The van der Waals surface area contributed by atoms with Gasteiger partial charge in [-0.3, -0.25) is 9.59 Å². The van der Waals surface area contributed by atoms with Gasteiger partial charge < -0.3 is 10.2 Å². The van der Waals surface area contributed by atoms with Crippen molar-refractivity contribution < 1.29 is 9.59 Å². The minimum absolute atomic E-state index is 0.0496. The first-order chi connectivity index (χ1) is 14.1. The fourth-order valence-electron chi connectivity index (χ4n) is 3.22. The van der Waals surface area contributed by atoms with Crippen molar-refractivity contribution in [3.8, 4) is 0 Å². The molecule has 1 N–H and O–H groups in total. The van der Waals surface area contributed by atoms with Gasteiger partial charge in [-0.15, -0.1) is 11.3 Å². The minimum atomic E-state index is -0.217. The van der Waals surface area contributed by atoms with Crippen LogP contribution in [0.2, 0.25) is 0 Å². The van der Waals surface area contributed by atoms with Gasteiger partial charge >= 0.3 is 0 Å². The molecule has 0 spiro atoms. The summed E-state index contributed by atoms with van der Waals surface area (Å²) in [6, 6.07) is 11.5. The fraction of sp³-hybridized carbons (Fsp3) is 0.300. The van der Waals surface area contributed by atoms with E-state index in [1.54, 1.807) is 28.5 Å². The molecule has 1 fully saturated rings. The molecule has 3 aromatic rings. The third-order valence-corrected chi connectivity index (χ3v) is 7.35. The van der Waals surface area contributed by atoms with Crippen molar-refractivity contribution in [2.75, 3.05) is 24.2 Å². The van der Waals surface area contributed by atoms with Crippen molar-refractivity contribution in [3.05, 3.63) is 47.1 Å². The number of para-hydroxylation sites is 1. The number of aromatic nitrogens is 2.